The van der Waals surface area contributed by atoms with Crippen LogP contribution in [0.25, 0.3) is 22.4 Å². The summed E-state index contributed by atoms with van der Waals surface area (Å²) in [5.41, 5.74) is -0.0281. The molecule has 0 aliphatic heterocycles. The number of anilines is 1. The molecule has 9 nitrogen and oxygen atoms in total. The van der Waals surface area contributed by atoms with Crippen LogP contribution in [0.3, 0.4) is 0 Å². The molecule has 0 bridgehead atoms. The zero-order chi connectivity index (χ0) is 21.3. The van der Waals surface area contributed by atoms with Crippen molar-refractivity contribution < 1.29 is 4.79 Å². The molecule has 0 spiro atoms. The quantitative estimate of drug-likeness (QED) is 0.372. The summed E-state index contributed by atoms with van der Waals surface area (Å²) in [6, 6.07) is 9.24. The predicted molar refractivity (Wildman–Crippen MR) is 117 cm³/mol. The van der Waals surface area contributed by atoms with Crippen LogP contribution in [0.2, 0.25) is 0 Å². The van der Waals surface area contributed by atoms with Crippen molar-refractivity contribution in [2.75, 3.05) is 11.1 Å². The molecule has 11 heteroatoms. The van der Waals surface area contributed by atoms with E-state index in [1.807, 2.05) is 30.3 Å². The van der Waals surface area contributed by atoms with E-state index in [4.69, 9.17) is 0 Å². The fraction of sp³-hybridized carbons (Fsp3) is 0.158. The van der Waals surface area contributed by atoms with E-state index in [1.165, 1.54) is 23.0 Å². The second kappa shape index (κ2) is 8.20. The summed E-state index contributed by atoms with van der Waals surface area (Å²) >= 11 is 2.42. The van der Waals surface area contributed by atoms with E-state index < -0.39 is 11.2 Å². The number of hydrogen-bond donors (Lipinski definition) is 1. The number of fused-ring (bicyclic) bond motifs is 1. The lowest BCUT2D eigenvalue weighted by molar-refractivity contribution is -0.113. The third-order valence-corrected chi connectivity index (χ3v) is 5.98. The molecule has 1 N–H and O–H groups in total. The highest BCUT2D eigenvalue weighted by Crippen LogP contribution is 2.26. The number of nitrogens with zero attached hydrogens (tertiary/aromatic N) is 5. The van der Waals surface area contributed by atoms with Crippen molar-refractivity contribution in [2.24, 2.45) is 14.1 Å². The Balaban J connectivity index is 1.80. The number of aromatic nitrogens is 5. The maximum Gasteiger partial charge on any atom is 0.332 e. The maximum absolute atomic E-state index is 12.8. The fourth-order valence-corrected chi connectivity index (χ4v) is 4.18. The minimum Gasteiger partial charge on any atom is -0.301 e. The zero-order valence-electron chi connectivity index (χ0n) is 16.0. The first kappa shape index (κ1) is 20.0. The summed E-state index contributed by atoms with van der Waals surface area (Å²) in [5.74, 6) is 0.116. The lowest BCUT2D eigenvalue weighted by Gasteiger charge is -2.12. The Morgan fingerprint density at radius 2 is 1.90 bits per heavy atom. The minimum atomic E-state index is -0.504. The molecule has 4 rings (SSSR count). The second-order valence-corrected chi connectivity index (χ2v) is 8.16. The molecule has 0 saturated heterocycles. The number of rotatable bonds is 5. The Labute approximate surface area is 178 Å². The molecule has 30 heavy (non-hydrogen) atoms. The van der Waals surface area contributed by atoms with Crippen LogP contribution in [0.1, 0.15) is 0 Å². The predicted octanol–water partition coefficient (Wildman–Crippen LogP) is 1.88. The number of thioether (sulfide) groups is 1. The highest BCUT2D eigenvalue weighted by molar-refractivity contribution is 8.00. The molecule has 152 valence electrons. The van der Waals surface area contributed by atoms with E-state index in [-0.39, 0.29) is 22.7 Å². The second-order valence-electron chi connectivity index (χ2n) is 6.30. The number of carbonyl (C=O) groups is 1. The van der Waals surface area contributed by atoms with E-state index in [2.05, 4.69) is 20.3 Å². The lowest BCUT2D eigenvalue weighted by atomic mass is 10.2. The molecule has 0 fully saturated rings. The Bertz CT molecular complexity index is 1350. The van der Waals surface area contributed by atoms with Crippen LogP contribution in [0.15, 0.2) is 56.5 Å². The topological polar surface area (TPSA) is 112 Å². The average molecular weight is 441 g/mol. The average Bonchev–Trinajstić information content (AvgIpc) is 3.27. The Morgan fingerprint density at radius 1 is 1.13 bits per heavy atom. The van der Waals surface area contributed by atoms with Gasteiger partial charge in [-0.3, -0.25) is 18.7 Å². The number of amides is 1. The summed E-state index contributed by atoms with van der Waals surface area (Å²) in [6.07, 6.45) is 1.60. The van der Waals surface area contributed by atoms with Crippen LogP contribution in [-0.4, -0.2) is 35.7 Å². The number of carbonyl (C=O) groups excluding carboxylic acids is 1. The largest absolute Gasteiger partial charge is 0.332 e. The van der Waals surface area contributed by atoms with Gasteiger partial charge in [-0.1, -0.05) is 42.1 Å². The van der Waals surface area contributed by atoms with Crippen molar-refractivity contribution in [3.63, 3.8) is 0 Å². The third-order valence-electron chi connectivity index (χ3n) is 4.32. The van der Waals surface area contributed by atoms with Gasteiger partial charge in [-0.15, -0.1) is 11.3 Å². The van der Waals surface area contributed by atoms with Crippen molar-refractivity contribution in [1.29, 1.82) is 0 Å². The van der Waals surface area contributed by atoms with Gasteiger partial charge in [0.05, 0.1) is 5.75 Å². The van der Waals surface area contributed by atoms with Gasteiger partial charge < -0.3 is 5.32 Å². The summed E-state index contributed by atoms with van der Waals surface area (Å²) in [5, 5.41) is 5.49. The van der Waals surface area contributed by atoms with Crippen molar-refractivity contribution >= 4 is 45.2 Å². The fourth-order valence-electron chi connectivity index (χ4n) is 2.82. The molecular formula is C19H16N6O3S2. The molecule has 3 aromatic heterocycles. The van der Waals surface area contributed by atoms with Crippen molar-refractivity contribution in [3.05, 3.63) is 62.7 Å². The monoisotopic (exact) mass is 440 g/mol. The van der Waals surface area contributed by atoms with E-state index in [9.17, 15) is 14.4 Å². The minimum absolute atomic E-state index is 0.0198. The lowest BCUT2D eigenvalue weighted by Crippen LogP contribution is -2.37. The van der Waals surface area contributed by atoms with Crippen LogP contribution in [-0.2, 0) is 18.9 Å². The molecule has 3 heterocycles. The zero-order valence-corrected chi connectivity index (χ0v) is 17.7. The van der Waals surface area contributed by atoms with Gasteiger partial charge in [0.1, 0.15) is 10.4 Å². The van der Waals surface area contributed by atoms with E-state index in [1.54, 1.807) is 18.6 Å². The summed E-state index contributed by atoms with van der Waals surface area (Å²) in [6.45, 7) is 0. The third kappa shape index (κ3) is 3.76. The van der Waals surface area contributed by atoms with Crippen molar-refractivity contribution in [1.82, 2.24) is 24.1 Å². The number of benzene rings is 1. The highest BCUT2D eigenvalue weighted by Gasteiger charge is 2.19. The van der Waals surface area contributed by atoms with Crippen LogP contribution in [0, 0.1) is 0 Å². The van der Waals surface area contributed by atoms with Crippen molar-refractivity contribution in [3.8, 4) is 11.4 Å². The number of hydrogen-bond acceptors (Lipinski definition) is 8. The van der Waals surface area contributed by atoms with E-state index >= 15 is 0 Å². The SMILES string of the molecule is Cn1c(=O)c2c(SCC(=O)Nc3nccs3)nc(-c3ccccc3)nc2n(C)c1=O. The van der Waals surface area contributed by atoms with E-state index in [0.29, 0.717) is 16.0 Å². The molecule has 0 unspecified atom stereocenters. The first-order valence-corrected chi connectivity index (χ1v) is 10.7. The molecular weight excluding hydrogens is 424 g/mol. The molecule has 4 aromatic rings. The molecule has 0 aliphatic rings. The number of thiazole rings is 1. The molecule has 1 amide bonds. The maximum atomic E-state index is 12.8. The van der Waals surface area contributed by atoms with E-state index in [0.717, 1.165) is 21.9 Å². The number of nitrogens with one attached hydrogen (secondary N) is 1. The van der Waals surface area contributed by atoms with Gasteiger partial charge in [-0.05, 0) is 0 Å². The van der Waals surface area contributed by atoms with Crippen LogP contribution >= 0.6 is 23.1 Å². The summed E-state index contributed by atoms with van der Waals surface area (Å²) < 4.78 is 2.32. The molecule has 1 aromatic carbocycles. The van der Waals surface area contributed by atoms with Gasteiger partial charge >= 0.3 is 5.69 Å². The Hall–Kier alpha value is -3.31. The Kier molecular flexibility index (Phi) is 5.46. The Morgan fingerprint density at radius 3 is 2.60 bits per heavy atom. The normalized spacial score (nSPS) is 11.0. The van der Waals surface area contributed by atoms with Gasteiger partial charge in [-0.25, -0.2) is 19.7 Å². The van der Waals surface area contributed by atoms with Crippen LogP contribution in [0.4, 0.5) is 5.13 Å². The van der Waals surface area contributed by atoms with Gasteiger partial charge in [0.25, 0.3) is 5.56 Å². The van der Waals surface area contributed by atoms with Crippen LogP contribution in [0.5, 0.6) is 0 Å². The van der Waals surface area contributed by atoms with Gasteiger partial charge in [0, 0.05) is 31.2 Å². The number of aryl methyl sites for hydroxylation is 1. The van der Waals surface area contributed by atoms with Crippen molar-refractivity contribution in [2.45, 2.75) is 5.03 Å². The molecule has 0 saturated carbocycles. The highest BCUT2D eigenvalue weighted by atomic mass is 32.2. The summed E-state index contributed by atoms with van der Waals surface area (Å²) in [4.78, 5) is 50.6. The molecule has 0 aliphatic carbocycles. The van der Waals surface area contributed by atoms with Crippen LogP contribution < -0.4 is 16.6 Å². The molecule has 0 radical (unpaired) electrons. The van der Waals surface area contributed by atoms with Gasteiger partial charge in [0.2, 0.25) is 5.91 Å². The molecule has 0 atom stereocenters. The van der Waals surface area contributed by atoms with Gasteiger partial charge in [0.15, 0.2) is 16.6 Å². The standard InChI is InChI=1S/C19H16N6O3S2/c1-24-15-13(17(27)25(2)19(24)28)16(23-14(22-15)11-6-4-3-5-7-11)30-10-12(26)21-18-20-8-9-29-18/h3-9H,10H2,1-2H3,(H,20,21,26). The van der Waals surface area contributed by atoms with Gasteiger partial charge in [-0.2, -0.15) is 0 Å². The smallest absolute Gasteiger partial charge is 0.301 e. The first-order valence-electron chi connectivity index (χ1n) is 8.81. The summed E-state index contributed by atoms with van der Waals surface area (Å²) in [7, 11) is 2.95. The first-order chi connectivity index (χ1) is 14.5.